The molecule has 0 aromatic rings. The molecule has 2 rings (SSSR count). The minimum absolute atomic E-state index is 0.553. The summed E-state index contributed by atoms with van der Waals surface area (Å²) in [6, 6.07) is 1.56. The fourth-order valence-corrected chi connectivity index (χ4v) is 3.04. The Morgan fingerprint density at radius 1 is 1.21 bits per heavy atom. The molecular formula is C12H24N2. The average Bonchev–Trinajstić information content (AvgIpc) is 2.36. The van der Waals surface area contributed by atoms with Crippen LogP contribution in [0.4, 0.5) is 0 Å². The highest BCUT2D eigenvalue weighted by Gasteiger charge is 2.40. The summed E-state index contributed by atoms with van der Waals surface area (Å²) in [6.07, 6.45) is 1.39. The maximum absolute atomic E-state index is 2.69. The average molecular weight is 196 g/mol. The molecule has 0 aromatic carbocycles. The molecule has 2 aliphatic rings. The molecule has 82 valence electrons. The largest absolute Gasteiger partial charge is 0.298 e. The van der Waals surface area contributed by atoms with Crippen molar-refractivity contribution in [1.82, 2.24) is 9.80 Å². The van der Waals surface area contributed by atoms with E-state index in [1.54, 1.807) is 0 Å². The second-order valence-corrected chi connectivity index (χ2v) is 6.08. The van der Waals surface area contributed by atoms with Crippen LogP contribution in [0.15, 0.2) is 0 Å². The fraction of sp³-hybridized carbons (Fsp3) is 1.00. The molecule has 0 unspecified atom stereocenters. The monoisotopic (exact) mass is 196 g/mol. The highest BCUT2D eigenvalue weighted by molar-refractivity contribution is 4.95. The van der Waals surface area contributed by atoms with Gasteiger partial charge >= 0.3 is 0 Å². The van der Waals surface area contributed by atoms with Crippen molar-refractivity contribution in [1.29, 1.82) is 0 Å². The first-order valence-electron chi connectivity index (χ1n) is 5.96. The lowest BCUT2D eigenvalue weighted by Gasteiger charge is -2.39. The molecule has 2 nitrogen and oxygen atoms in total. The Balaban J connectivity index is 1.98. The maximum atomic E-state index is 2.69. The van der Waals surface area contributed by atoms with Gasteiger partial charge in [-0.3, -0.25) is 9.80 Å². The van der Waals surface area contributed by atoms with Crippen LogP contribution in [0.3, 0.4) is 0 Å². The summed E-state index contributed by atoms with van der Waals surface area (Å²) in [5.41, 5.74) is 0.553. The van der Waals surface area contributed by atoms with Crippen LogP contribution in [-0.4, -0.2) is 48.1 Å². The molecule has 0 N–H and O–H groups in total. The number of piperazine rings is 1. The summed E-state index contributed by atoms with van der Waals surface area (Å²) in [5.74, 6) is 0. The summed E-state index contributed by atoms with van der Waals surface area (Å²) >= 11 is 0. The van der Waals surface area contributed by atoms with Crippen molar-refractivity contribution >= 4 is 0 Å². The minimum atomic E-state index is 0.553. The molecule has 0 spiro atoms. The van der Waals surface area contributed by atoms with Gasteiger partial charge in [0.15, 0.2) is 0 Å². The first-order chi connectivity index (χ1) is 6.48. The van der Waals surface area contributed by atoms with Gasteiger partial charge in [-0.15, -0.1) is 0 Å². The topological polar surface area (TPSA) is 6.48 Å². The van der Waals surface area contributed by atoms with Gasteiger partial charge in [-0.2, -0.15) is 0 Å². The lowest BCUT2D eigenvalue weighted by Crippen LogP contribution is -2.52. The molecule has 2 heterocycles. The van der Waals surface area contributed by atoms with E-state index < -0.39 is 0 Å². The van der Waals surface area contributed by atoms with Gasteiger partial charge in [0, 0.05) is 38.3 Å². The zero-order valence-corrected chi connectivity index (χ0v) is 10.1. The van der Waals surface area contributed by atoms with Crippen LogP contribution >= 0.6 is 0 Å². The van der Waals surface area contributed by atoms with Crippen molar-refractivity contribution in [3.8, 4) is 0 Å². The van der Waals surface area contributed by atoms with E-state index in [4.69, 9.17) is 0 Å². The normalized spacial score (nSPS) is 33.6. The summed E-state index contributed by atoms with van der Waals surface area (Å²) in [7, 11) is 0. The smallest absolute Gasteiger partial charge is 0.0229 e. The third-order valence-electron chi connectivity index (χ3n) is 3.79. The number of rotatable bonds is 1. The molecule has 0 radical (unpaired) electrons. The number of fused-ring (bicyclic) bond motifs is 1. The van der Waals surface area contributed by atoms with Gasteiger partial charge in [0.1, 0.15) is 0 Å². The van der Waals surface area contributed by atoms with Crippen LogP contribution in [0.2, 0.25) is 0 Å². The highest BCUT2D eigenvalue weighted by atomic mass is 15.3. The first-order valence-corrected chi connectivity index (χ1v) is 5.96. The Morgan fingerprint density at radius 3 is 2.57 bits per heavy atom. The Hall–Kier alpha value is -0.0800. The molecule has 0 saturated carbocycles. The summed E-state index contributed by atoms with van der Waals surface area (Å²) in [4.78, 5) is 5.32. The van der Waals surface area contributed by atoms with Gasteiger partial charge in [0.2, 0.25) is 0 Å². The predicted molar refractivity (Wildman–Crippen MR) is 60.5 cm³/mol. The van der Waals surface area contributed by atoms with Gasteiger partial charge in [0.25, 0.3) is 0 Å². The van der Waals surface area contributed by atoms with E-state index in [-0.39, 0.29) is 0 Å². The molecule has 2 heteroatoms. The number of nitrogens with zero attached hydrogens (tertiary/aromatic N) is 2. The first kappa shape index (κ1) is 10.4. The standard InChI is InChI=1S/C12H24N2/c1-10(2)13-5-6-14-9-12(3,4)7-11(14)8-13/h10-11H,5-9H2,1-4H3/t11-/m0/s1. The van der Waals surface area contributed by atoms with Gasteiger partial charge in [0.05, 0.1) is 0 Å². The Bertz CT molecular complexity index is 210. The van der Waals surface area contributed by atoms with Crippen LogP contribution in [0.5, 0.6) is 0 Å². The molecule has 0 amide bonds. The van der Waals surface area contributed by atoms with Gasteiger partial charge in [-0.05, 0) is 25.7 Å². The van der Waals surface area contributed by atoms with Crippen LogP contribution in [0, 0.1) is 5.41 Å². The van der Waals surface area contributed by atoms with Crippen molar-refractivity contribution in [3.63, 3.8) is 0 Å². The fourth-order valence-electron chi connectivity index (χ4n) is 3.04. The van der Waals surface area contributed by atoms with Gasteiger partial charge in [-0.25, -0.2) is 0 Å². The van der Waals surface area contributed by atoms with Crippen molar-refractivity contribution in [2.75, 3.05) is 26.2 Å². The minimum Gasteiger partial charge on any atom is -0.298 e. The summed E-state index contributed by atoms with van der Waals surface area (Å²) in [6.45, 7) is 14.6. The predicted octanol–water partition coefficient (Wildman–Crippen LogP) is 1.81. The number of hydrogen-bond donors (Lipinski definition) is 0. The van der Waals surface area contributed by atoms with Crippen molar-refractivity contribution in [3.05, 3.63) is 0 Å². The summed E-state index contributed by atoms with van der Waals surface area (Å²) < 4.78 is 0. The van der Waals surface area contributed by atoms with E-state index in [2.05, 4.69) is 37.5 Å². The van der Waals surface area contributed by atoms with E-state index >= 15 is 0 Å². The van der Waals surface area contributed by atoms with E-state index in [9.17, 15) is 0 Å². The molecule has 2 aliphatic heterocycles. The van der Waals surface area contributed by atoms with Crippen molar-refractivity contribution < 1.29 is 0 Å². The van der Waals surface area contributed by atoms with E-state index in [0.717, 1.165) is 12.1 Å². The molecule has 0 aliphatic carbocycles. The molecule has 1 atom stereocenters. The molecule has 2 saturated heterocycles. The molecule has 0 aromatic heterocycles. The van der Waals surface area contributed by atoms with Crippen molar-refractivity contribution in [2.24, 2.45) is 5.41 Å². The molecule has 14 heavy (non-hydrogen) atoms. The van der Waals surface area contributed by atoms with Gasteiger partial charge in [-0.1, -0.05) is 13.8 Å². The molecular weight excluding hydrogens is 172 g/mol. The van der Waals surface area contributed by atoms with E-state index in [0.29, 0.717) is 5.41 Å². The lowest BCUT2D eigenvalue weighted by atomic mass is 9.90. The van der Waals surface area contributed by atoms with Crippen molar-refractivity contribution in [2.45, 2.75) is 46.2 Å². The summed E-state index contributed by atoms with van der Waals surface area (Å²) in [5, 5.41) is 0. The second-order valence-electron chi connectivity index (χ2n) is 6.08. The lowest BCUT2D eigenvalue weighted by molar-refractivity contribution is 0.0820. The zero-order chi connectivity index (χ0) is 10.3. The molecule has 2 fully saturated rings. The highest BCUT2D eigenvalue weighted by Crippen LogP contribution is 2.35. The van der Waals surface area contributed by atoms with E-state index in [1.165, 1.54) is 32.6 Å². The van der Waals surface area contributed by atoms with E-state index in [1.807, 2.05) is 0 Å². The Labute approximate surface area is 88.3 Å². The van der Waals surface area contributed by atoms with Crippen LogP contribution in [0.1, 0.15) is 34.1 Å². The Morgan fingerprint density at radius 2 is 1.93 bits per heavy atom. The van der Waals surface area contributed by atoms with Crippen LogP contribution in [-0.2, 0) is 0 Å². The maximum Gasteiger partial charge on any atom is 0.0229 e. The zero-order valence-electron chi connectivity index (χ0n) is 10.1. The Kier molecular flexibility index (Phi) is 2.61. The van der Waals surface area contributed by atoms with Crippen LogP contribution in [0.25, 0.3) is 0 Å². The number of hydrogen-bond acceptors (Lipinski definition) is 2. The van der Waals surface area contributed by atoms with Crippen LogP contribution < -0.4 is 0 Å². The third-order valence-corrected chi connectivity index (χ3v) is 3.79. The third kappa shape index (κ3) is 1.96. The SMILES string of the molecule is CC(C)N1CCN2CC(C)(C)C[C@H]2C1. The quantitative estimate of drug-likeness (QED) is 0.631. The van der Waals surface area contributed by atoms with Gasteiger partial charge < -0.3 is 0 Å². The second kappa shape index (κ2) is 3.49. The molecule has 0 bridgehead atoms.